The van der Waals surface area contributed by atoms with Gasteiger partial charge in [0, 0.05) is 11.5 Å². The molecule has 6 nitrogen and oxygen atoms in total. The number of aromatic nitrogens is 1. The average molecular weight is 269 g/mol. The van der Waals surface area contributed by atoms with Crippen molar-refractivity contribution in [2.75, 3.05) is 7.11 Å². The van der Waals surface area contributed by atoms with Gasteiger partial charge in [-0.15, -0.1) is 0 Å². The molecule has 1 aliphatic rings. The molecule has 1 aliphatic carbocycles. The van der Waals surface area contributed by atoms with Gasteiger partial charge in [-0.05, 0) is 25.7 Å². The number of hydrogen-bond acceptors (Lipinski definition) is 6. The lowest BCUT2D eigenvalue weighted by Gasteiger charge is -2.25. The maximum atomic E-state index is 11.5. The summed E-state index contributed by atoms with van der Waals surface area (Å²) in [5.41, 5.74) is 1.30. The van der Waals surface area contributed by atoms with Gasteiger partial charge in [0.1, 0.15) is 6.61 Å². The summed E-state index contributed by atoms with van der Waals surface area (Å²) in [5, 5.41) is 22.4. The minimum atomic E-state index is -0.263. The van der Waals surface area contributed by atoms with E-state index in [4.69, 9.17) is 14.4 Å². The second kappa shape index (κ2) is 6.16. The second-order valence-corrected chi connectivity index (χ2v) is 4.86. The number of methoxy groups -OCH3 is 1. The van der Waals surface area contributed by atoms with E-state index in [1.165, 1.54) is 7.11 Å². The third-order valence-electron chi connectivity index (χ3n) is 3.85. The number of esters is 1. The number of nitrogens with zero attached hydrogens (tertiary/aromatic N) is 1. The van der Waals surface area contributed by atoms with Crippen LogP contribution in [0.2, 0.25) is 0 Å². The Morgan fingerprint density at radius 2 is 2.00 bits per heavy atom. The van der Waals surface area contributed by atoms with Gasteiger partial charge in [0.15, 0.2) is 5.76 Å². The van der Waals surface area contributed by atoms with Crippen LogP contribution in [0.3, 0.4) is 0 Å². The second-order valence-electron chi connectivity index (χ2n) is 4.86. The first-order valence-corrected chi connectivity index (χ1v) is 6.48. The molecule has 0 aromatic carbocycles. The molecule has 1 heterocycles. The van der Waals surface area contributed by atoms with Crippen molar-refractivity contribution in [3.05, 3.63) is 17.0 Å². The molecular weight excluding hydrogens is 250 g/mol. The summed E-state index contributed by atoms with van der Waals surface area (Å²) >= 11 is 0. The molecule has 19 heavy (non-hydrogen) atoms. The van der Waals surface area contributed by atoms with Gasteiger partial charge < -0.3 is 19.5 Å². The van der Waals surface area contributed by atoms with E-state index in [1.54, 1.807) is 0 Å². The number of aliphatic hydroxyl groups excluding tert-OH is 2. The number of carbonyl (C=O) groups is 1. The van der Waals surface area contributed by atoms with Crippen LogP contribution in [0.25, 0.3) is 0 Å². The lowest BCUT2D eigenvalue weighted by atomic mass is 9.79. The fourth-order valence-electron chi connectivity index (χ4n) is 2.74. The largest absolute Gasteiger partial charge is 0.469 e. The summed E-state index contributed by atoms with van der Waals surface area (Å²) in [4.78, 5) is 11.5. The van der Waals surface area contributed by atoms with E-state index in [0.29, 0.717) is 11.3 Å². The van der Waals surface area contributed by atoms with Crippen LogP contribution < -0.4 is 0 Å². The molecule has 0 atom stereocenters. The molecular formula is C13H19NO5. The van der Waals surface area contributed by atoms with Gasteiger partial charge in [0.05, 0.1) is 25.3 Å². The van der Waals surface area contributed by atoms with E-state index >= 15 is 0 Å². The number of hydrogen-bond donors (Lipinski definition) is 2. The number of ether oxygens (including phenoxy) is 1. The van der Waals surface area contributed by atoms with E-state index in [9.17, 15) is 9.90 Å². The molecule has 0 bridgehead atoms. The molecule has 1 saturated carbocycles. The molecule has 6 heteroatoms. The van der Waals surface area contributed by atoms with Crippen LogP contribution in [0.15, 0.2) is 4.52 Å². The van der Waals surface area contributed by atoms with Crippen molar-refractivity contribution in [1.82, 2.24) is 5.16 Å². The summed E-state index contributed by atoms with van der Waals surface area (Å²) < 4.78 is 9.78. The van der Waals surface area contributed by atoms with Gasteiger partial charge in [-0.2, -0.15) is 0 Å². The summed E-state index contributed by atoms with van der Waals surface area (Å²) in [6, 6.07) is 0. The van der Waals surface area contributed by atoms with Gasteiger partial charge >= 0.3 is 5.97 Å². The third-order valence-corrected chi connectivity index (χ3v) is 3.85. The van der Waals surface area contributed by atoms with Gasteiger partial charge in [0.2, 0.25) is 0 Å². The summed E-state index contributed by atoms with van der Waals surface area (Å²) in [7, 11) is 1.41. The van der Waals surface area contributed by atoms with Crippen molar-refractivity contribution in [3.63, 3.8) is 0 Å². The molecule has 0 aliphatic heterocycles. The minimum Gasteiger partial charge on any atom is -0.469 e. The van der Waals surface area contributed by atoms with Crippen molar-refractivity contribution < 1.29 is 24.3 Å². The van der Waals surface area contributed by atoms with Gasteiger partial charge in [-0.1, -0.05) is 5.16 Å². The van der Waals surface area contributed by atoms with E-state index in [1.807, 2.05) is 0 Å². The Bertz CT molecular complexity index is 434. The zero-order valence-electron chi connectivity index (χ0n) is 11.0. The predicted molar refractivity (Wildman–Crippen MR) is 65.1 cm³/mol. The average Bonchev–Trinajstić information content (AvgIpc) is 2.89. The molecule has 0 spiro atoms. The molecule has 0 amide bonds. The Morgan fingerprint density at radius 1 is 1.32 bits per heavy atom. The highest BCUT2D eigenvalue weighted by molar-refractivity contribution is 5.72. The van der Waals surface area contributed by atoms with Crippen molar-refractivity contribution in [1.29, 1.82) is 0 Å². The fourth-order valence-corrected chi connectivity index (χ4v) is 2.74. The fraction of sp³-hybridized carbons (Fsp3) is 0.692. The standard InChI is InChI=1S/C13H19NO5/c1-18-13(17)9-4-2-8(3-5-9)12-10(6-15)11(7-16)19-14-12/h8-9,15-16H,2-7H2,1H3/t8-,9-. The number of aliphatic hydroxyl groups is 2. The third kappa shape index (κ3) is 2.79. The Labute approximate surface area is 111 Å². The van der Waals surface area contributed by atoms with Crippen LogP contribution in [-0.4, -0.2) is 28.4 Å². The van der Waals surface area contributed by atoms with Crippen LogP contribution >= 0.6 is 0 Å². The lowest BCUT2D eigenvalue weighted by molar-refractivity contribution is -0.146. The minimum absolute atomic E-state index is 0.0389. The van der Waals surface area contributed by atoms with E-state index < -0.39 is 0 Å². The quantitative estimate of drug-likeness (QED) is 0.795. The molecule has 1 fully saturated rings. The number of carbonyl (C=O) groups excluding carboxylic acids is 1. The normalized spacial score (nSPS) is 23.3. The predicted octanol–water partition coefficient (Wildman–Crippen LogP) is 1.11. The molecule has 1 aromatic rings. The van der Waals surface area contributed by atoms with Gasteiger partial charge in [0.25, 0.3) is 0 Å². The first-order valence-electron chi connectivity index (χ1n) is 6.48. The smallest absolute Gasteiger partial charge is 0.308 e. The maximum Gasteiger partial charge on any atom is 0.308 e. The molecule has 1 aromatic heterocycles. The SMILES string of the molecule is COC(=O)[C@H]1CC[C@H](c2noc(CO)c2CO)CC1. The monoisotopic (exact) mass is 269 g/mol. The molecule has 0 unspecified atom stereocenters. The van der Waals surface area contributed by atoms with Crippen LogP contribution in [-0.2, 0) is 22.7 Å². The summed E-state index contributed by atoms with van der Waals surface area (Å²) in [5.74, 6) is 0.305. The highest BCUT2D eigenvalue weighted by atomic mass is 16.5. The van der Waals surface area contributed by atoms with Crippen LogP contribution in [0.4, 0.5) is 0 Å². The van der Waals surface area contributed by atoms with Crippen LogP contribution in [0.1, 0.15) is 48.6 Å². The van der Waals surface area contributed by atoms with E-state index in [-0.39, 0.29) is 31.0 Å². The van der Waals surface area contributed by atoms with Crippen LogP contribution in [0, 0.1) is 5.92 Å². The maximum absolute atomic E-state index is 11.5. The molecule has 2 N–H and O–H groups in total. The lowest BCUT2D eigenvalue weighted by Crippen LogP contribution is -2.22. The van der Waals surface area contributed by atoms with Gasteiger partial charge in [-0.25, -0.2) is 0 Å². The summed E-state index contributed by atoms with van der Waals surface area (Å²) in [6.07, 6.45) is 3.13. The molecule has 2 rings (SSSR count). The van der Waals surface area contributed by atoms with Crippen molar-refractivity contribution in [2.24, 2.45) is 5.92 Å². The zero-order chi connectivity index (χ0) is 13.8. The van der Waals surface area contributed by atoms with Gasteiger partial charge in [-0.3, -0.25) is 4.79 Å². The first-order chi connectivity index (χ1) is 9.21. The highest BCUT2D eigenvalue weighted by Crippen LogP contribution is 2.37. The summed E-state index contributed by atoms with van der Waals surface area (Å²) in [6.45, 7) is -0.452. The van der Waals surface area contributed by atoms with Crippen molar-refractivity contribution in [2.45, 2.75) is 44.8 Å². The Morgan fingerprint density at radius 3 is 2.53 bits per heavy atom. The molecule has 0 saturated heterocycles. The van der Waals surface area contributed by atoms with Crippen molar-refractivity contribution in [3.8, 4) is 0 Å². The Hall–Kier alpha value is -1.40. The highest BCUT2D eigenvalue weighted by Gasteiger charge is 2.31. The van der Waals surface area contributed by atoms with Crippen molar-refractivity contribution >= 4 is 5.97 Å². The first kappa shape index (κ1) is 14.0. The molecule has 106 valence electrons. The van der Waals surface area contributed by atoms with E-state index in [0.717, 1.165) is 31.4 Å². The number of rotatable bonds is 4. The molecule has 0 radical (unpaired) electrons. The Balaban J connectivity index is 2.05. The van der Waals surface area contributed by atoms with Crippen LogP contribution in [0.5, 0.6) is 0 Å². The topological polar surface area (TPSA) is 92.8 Å². The van der Waals surface area contributed by atoms with E-state index in [2.05, 4.69) is 5.16 Å². The zero-order valence-corrected chi connectivity index (χ0v) is 11.0. The Kier molecular flexibility index (Phi) is 4.55.